The molecule has 0 aliphatic heterocycles. The molecule has 116 valence electrons. The van der Waals surface area contributed by atoms with E-state index in [1.807, 2.05) is 6.26 Å². The van der Waals surface area contributed by atoms with Crippen LogP contribution in [0.4, 0.5) is 4.79 Å². The lowest BCUT2D eigenvalue weighted by Crippen LogP contribution is -2.48. The standard InChI is InChI=1S/C13H17Cl2N3O2S/c1-21-5-4-11(18-13(16)20)12(19)17-7-8-2-3-9(14)6-10(8)15/h2-3,6,11H,4-5,7H2,1H3,(H,17,19)(H3,16,18,20)/t11-/m1/s1. The molecule has 5 nitrogen and oxygen atoms in total. The van der Waals surface area contributed by atoms with Crippen molar-refractivity contribution in [2.75, 3.05) is 12.0 Å². The third kappa shape index (κ3) is 6.46. The van der Waals surface area contributed by atoms with E-state index in [9.17, 15) is 9.59 Å². The van der Waals surface area contributed by atoms with Crippen LogP contribution in [0.3, 0.4) is 0 Å². The van der Waals surface area contributed by atoms with Crippen LogP contribution in [0.5, 0.6) is 0 Å². The molecule has 0 aromatic heterocycles. The number of primary amides is 1. The van der Waals surface area contributed by atoms with Crippen LogP contribution in [0.2, 0.25) is 10.0 Å². The summed E-state index contributed by atoms with van der Waals surface area (Å²) >= 11 is 13.4. The van der Waals surface area contributed by atoms with E-state index in [1.54, 1.807) is 30.0 Å². The minimum atomic E-state index is -0.722. The number of thioether (sulfide) groups is 1. The summed E-state index contributed by atoms with van der Waals surface area (Å²) in [5, 5.41) is 6.17. The zero-order valence-electron chi connectivity index (χ0n) is 11.5. The van der Waals surface area contributed by atoms with Crippen molar-refractivity contribution in [3.63, 3.8) is 0 Å². The highest BCUT2D eigenvalue weighted by molar-refractivity contribution is 7.98. The average molecular weight is 350 g/mol. The molecule has 0 saturated heterocycles. The molecular formula is C13H17Cl2N3O2S. The molecule has 4 N–H and O–H groups in total. The zero-order valence-corrected chi connectivity index (χ0v) is 13.8. The van der Waals surface area contributed by atoms with Crippen molar-refractivity contribution in [3.05, 3.63) is 33.8 Å². The van der Waals surface area contributed by atoms with E-state index in [2.05, 4.69) is 10.6 Å². The van der Waals surface area contributed by atoms with Crippen molar-refractivity contribution in [2.45, 2.75) is 19.0 Å². The molecule has 0 aliphatic carbocycles. The largest absolute Gasteiger partial charge is 0.352 e. The number of amides is 3. The molecule has 0 unspecified atom stereocenters. The topological polar surface area (TPSA) is 84.2 Å². The van der Waals surface area contributed by atoms with E-state index in [4.69, 9.17) is 28.9 Å². The first-order chi connectivity index (χ1) is 9.93. The molecule has 0 saturated carbocycles. The van der Waals surface area contributed by atoms with Crippen molar-refractivity contribution in [1.82, 2.24) is 10.6 Å². The smallest absolute Gasteiger partial charge is 0.312 e. The van der Waals surface area contributed by atoms with Crippen LogP contribution in [-0.4, -0.2) is 30.0 Å². The Morgan fingerprint density at radius 3 is 2.67 bits per heavy atom. The van der Waals surface area contributed by atoms with E-state index < -0.39 is 12.1 Å². The second-order valence-electron chi connectivity index (χ2n) is 4.30. The second-order valence-corrected chi connectivity index (χ2v) is 6.13. The summed E-state index contributed by atoms with van der Waals surface area (Å²) < 4.78 is 0. The Morgan fingerprint density at radius 2 is 2.10 bits per heavy atom. The number of hydrogen-bond acceptors (Lipinski definition) is 3. The molecule has 1 rings (SSSR count). The summed E-state index contributed by atoms with van der Waals surface area (Å²) in [5.74, 6) is 0.439. The second kappa shape index (κ2) is 9.02. The van der Waals surface area contributed by atoms with E-state index in [1.165, 1.54) is 0 Å². The summed E-state index contributed by atoms with van der Waals surface area (Å²) in [7, 11) is 0. The number of carbonyl (C=O) groups is 2. The Balaban J connectivity index is 2.61. The van der Waals surface area contributed by atoms with E-state index >= 15 is 0 Å². The Labute approximate surface area is 137 Å². The third-order valence-corrected chi connectivity index (χ3v) is 3.94. The van der Waals surface area contributed by atoms with Crippen LogP contribution in [0, 0.1) is 0 Å². The van der Waals surface area contributed by atoms with Gasteiger partial charge in [-0.25, -0.2) is 4.79 Å². The predicted molar refractivity (Wildman–Crippen MR) is 87.8 cm³/mol. The first-order valence-corrected chi connectivity index (χ1v) is 8.35. The van der Waals surface area contributed by atoms with Gasteiger partial charge in [-0.2, -0.15) is 11.8 Å². The summed E-state index contributed by atoms with van der Waals surface area (Å²) in [4.78, 5) is 23.0. The SMILES string of the molecule is CSCC[C@@H](NC(N)=O)C(=O)NCc1ccc(Cl)cc1Cl. The number of rotatable bonds is 7. The lowest BCUT2D eigenvalue weighted by atomic mass is 10.2. The van der Waals surface area contributed by atoms with Gasteiger partial charge >= 0.3 is 6.03 Å². The fourth-order valence-corrected chi connectivity index (χ4v) is 2.59. The lowest BCUT2D eigenvalue weighted by molar-refractivity contribution is -0.123. The van der Waals surface area contributed by atoms with Crippen molar-refractivity contribution in [1.29, 1.82) is 0 Å². The van der Waals surface area contributed by atoms with Gasteiger partial charge in [0.1, 0.15) is 6.04 Å². The van der Waals surface area contributed by atoms with Gasteiger partial charge in [-0.05, 0) is 36.1 Å². The molecule has 0 heterocycles. The minimum absolute atomic E-state index is 0.255. The molecule has 1 aromatic rings. The normalized spacial score (nSPS) is 11.8. The predicted octanol–water partition coefficient (Wildman–Crippen LogP) is 2.40. The van der Waals surface area contributed by atoms with Gasteiger partial charge in [0.15, 0.2) is 0 Å². The number of nitrogens with two attached hydrogens (primary N) is 1. The molecule has 1 atom stereocenters. The average Bonchev–Trinajstić information content (AvgIpc) is 2.41. The van der Waals surface area contributed by atoms with Crippen molar-refractivity contribution in [3.8, 4) is 0 Å². The fourth-order valence-electron chi connectivity index (χ4n) is 1.65. The van der Waals surface area contributed by atoms with Crippen LogP contribution >= 0.6 is 35.0 Å². The summed E-state index contributed by atoms with van der Waals surface area (Å²) in [6.45, 7) is 0.255. The van der Waals surface area contributed by atoms with E-state index in [0.29, 0.717) is 16.5 Å². The van der Waals surface area contributed by atoms with Gasteiger partial charge in [-0.1, -0.05) is 29.3 Å². The quantitative estimate of drug-likeness (QED) is 0.706. The van der Waals surface area contributed by atoms with Gasteiger partial charge in [0.25, 0.3) is 0 Å². The number of hydrogen-bond donors (Lipinski definition) is 3. The summed E-state index contributed by atoms with van der Waals surface area (Å²) in [5.41, 5.74) is 5.83. The molecule has 0 radical (unpaired) electrons. The van der Waals surface area contributed by atoms with E-state index in [-0.39, 0.29) is 12.5 Å². The Kier molecular flexibility index (Phi) is 7.71. The van der Waals surface area contributed by atoms with Gasteiger partial charge in [-0.3, -0.25) is 4.79 Å². The van der Waals surface area contributed by atoms with Gasteiger partial charge in [0.05, 0.1) is 0 Å². The van der Waals surface area contributed by atoms with Crippen LogP contribution in [0.25, 0.3) is 0 Å². The maximum absolute atomic E-state index is 12.1. The first-order valence-electron chi connectivity index (χ1n) is 6.20. The minimum Gasteiger partial charge on any atom is -0.352 e. The Bertz CT molecular complexity index is 514. The van der Waals surface area contributed by atoms with Gasteiger partial charge in [0.2, 0.25) is 5.91 Å². The molecule has 21 heavy (non-hydrogen) atoms. The molecule has 0 aliphatic rings. The van der Waals surface area contributed by atoms with Gasteiger partial charge in [0, 0.05) is 16.6 Å². The van der Waals surface area contributed by atoms with Gasteiger partial charge in [-0.15, -0.1) is 0 Å². The molecule has 8 heteroatoms. The third-order valence-electron chi connectivity index (χ3n) is 2.71. The zero-order chi connectivity index (χ0) is 15.8. The molecule has 0 spiro atoms. The highest BCUT2D eigenvalue weighted by Crippen LogP contribution is 2.20. The van der Waals surface area contributed by atoms with Crippen LogP contribution < -0.4 is 16.4 Å². The van der Waals surface area contributed by atoms with Crippen LogP contribution in [0.1, 0.15) is 12.0 Å². The first kappa shape index (κ1) is 17.9. The Morgan fingerprint density at radius 1 is 1.38 bits per heavy atom. The molecular weight excluding hydrogens is 333 g/mol. The van der Waals surface area contributed by atoms with Crippen LogP contribution in [-0.2, 0) is 11.3 Å². The molecule has 3 amide bonds. The van der Waals surface area contributed by atoms with Crippen molar-refractivity contribution >= 4 is 46.9 Å². The highest BCUT2D eigenvalue weighted by Gasteiger charge is 2.19. The maximum Gasteiger partial charge on any atom is 0.312 e. The van der Waals surface area contributed by atoms with Gasteiger partial charge < -0.3 is 16.4 Å². The van der Waals surface area contributed by atoms with Crippen LogP contribution in [0.15, 0.2) is 18.2 Å². The highest BCUT2D eigenvalue weighted by atomic mass is 35.5. The lowest BCUT2D eigenvalue weighted by Gasteiger charge is -2.17. The Hall–Kier alpha value is -1.11. The fraction of sp³-hybridized carbons (Fsp3) is 0.385. The number of halogens is 2. The molecule has 0 bridgehead atoms. The maximum atomic E-state index is 12.1. The number of urea groups is 1. The monoisotopic (exact) mass is 349 g/mol. The number of carbonyl (C=O) groups excluding carboxylic acids is 2. The summed E-state index contributed by atoms with van der Waals surface area (Å²) in [6.07, 6.45) is 2.43. The number of nitrogens with one attached hydrogen (secondary N) is 2. The summed E-state index contributed by atoms with van der Waals surface area (Å²) in [6, 6.07) is 3.67. The van der Waals surface area contributed by atoms with Crippen molar-refractivity contribution < 1.29 is 9.59 Å². The number of benzene rings is 1. The van der Waals surface area contributed by atoms with Crippen molar-refractivity contribution in [2.24, 2.45) is 5.73 Å². The molecule has 0 fully saturated rings. The molecule has 1 aromatic carbocycles. The van der Waals surface area contributed by atoms with E-state index in [0.717, 1.165) is 11.3 Å².